The fraction of sp³-hybridized carbons (Fsp3) is 0. The van der Waals surface area contributed by atoms with Gasteiger partial charge in [0.2, 0.25) is 0 Å². The van der Waals surface area contributed by atoms with E-state index < -0.39 is 16.0 Å². The number of carboxylic acid groups (broad SMARTS) is 1. The summed E-state index contributed by atoms with van der Waals surface area (Å²) in [5.41, 5.74) is 0.592. The molecule has 0 amide bonds. The number of pyridine rings is 1. The molecule has 122 valence electrons. The van der Waals surface area contributed by atoms with E-state index >= 15 is 0 Å². The average molecular weight is 363 g/mol. The molecule has 3 aromatic rings. The fourth-order valence-corrected chi connectivity index (χ4v) is 3.82. The molecule has 0 radical (unpaired) electrons. The molecule has 0 bridgehead atoms. The molecule has 0 atom stereocenters. The van der Waals surface area contributed by atoms with Crippen molar-refractivity contribution in [1.29, 1.82) is 0 Å². The lowest BCUT2D eigenvalue weighted by molar-refractivity contribution is 0.0696. The molecule has 1 heterocycles. The minimum atomic E-state index is -4.08. The summed E-state index contributed by atoms with van der Waals surface area (Å²) in [6.07, 6.45) is 1.55. The molecular formula is C16H11ClN2O4S. The maximum absolute atomic E-state index is 12.6. The monoisotopic (exact) mass is 362 g/mol. The van der Waals surface area contributed by atoms with Gasteiger partial charge in [0.15, 0.2) is 0 Å². The van der Waals surface area contributed by atoms with Crippen LogP contribution in [0.3, 0.4) is 0 Å². The number of rotatable bonds is 4. The number of sulfonamides is 1. The van der Waals surface area contributed by atoms with Gasteiger partial charge in [0.25, 0.3) is 10.0 Å². The number of hydrogen-bond donors (Lipinski definition) is 2. The Kier molecular flexibility index (Phi) is 4.13. The van der Waals surface area contributed by atoms with E-state index in [1.54, 1.807) is 36.5 Å². The maximum Gasteiger partial charge on any atom is 0.335 e. The molecule has 0 spiro atoms. The van der Waals surface area contributed by atoms with Gasteiger partial charge in [-0.25, -0.2) is 13.2 Å². The van der Waals surface area contributed by atoms with Crippen molar-refractivity contribution in [3.63, 3.8) is 0 Å². The molecule has 0 saturated heterocycles. The number of anilines is 1. The zero-order chi connectivity index (χ0) is 17.3. The van der Waals surface area contributed by atoms with Crippen molar-refractivity contribution in [2.75, 3.05) is 4.72 Å². The van der Waals surface area contributed by atoms with Crippen LogP contribution in [0.2, 0.25) is 5.02 Å². The summed E-state index contributed by atoms with van der Waals surface area (Å²) in [6.45, 7) is 0. The lowest BCUT2D eigenvalue weighted by Crippen LogP contribution is -2.15. The highest BCUT2D eigenvalue weighted by Crippen LogP contribution is 2.27. The van der Waals surface area contributed by atoms with Crippen molar-refractivity contribution in [1.82, 2.24) is 4.98 Å². The van der Waals surface area contributed by atoms with Crippen LogP contribution in [0.25, 0.3) is 10.9 Å². The number of nitrogens with zero attached hydrogens (tertiary/aromatic N) is 1. The summed E-state index contributed by atoms with van der Waals surface area (Å²) in [4.78, 5) is 14.9. The van der Waals surface area contributed by atoms with Gasteiger partial charge in [-0.15, -0.1) is 0 Å². The predicted molar refractivity (Wildman–Crippen MR) is 91.0 cm³/mol. The first kappa shape index (κ1) is 16.2. The molecule has 6 nitrogen and oxygen atoms in total. The Balaban J connectivity index is 2.09. The van der Waals surface area contributed by atoms with Crippen LogP contribution in [0.15, 0.2) is 59.6 Å². The lowest BCUT2D eigenvalue weighted by Gasteiger charge is -2.11. The number of carbonyl (C=O) groups is 1. The standard InChI is InChI=1S/C16H11ClN2O4S/c17-12-7-6-11(16(20)21)9-14(12)24(22,23)19-13-5-1-3-10-4-2-8-18-15(10)13/h1-9,19H,(H,20,21). The van der Waals surface area contributed by atoms with Crippen molar-refractivity contribution < 1.29 is 18.3 Å². The second kappa shape index (κ2) is 6.10. The van der Waals surface area contributed by atoms with Gasteiger partial charge in [-0.3, -0.25) is 9.71 Å². The van der Waals surface area contributed by atoms with Crippen LogP contribution in [0, 0.1) is 0 Å². The van der Waals surface area contributed by atoms with E-state index in [1.807, 2.05) is 0 Å². The Morgan fingerprint density at radius 3 is 2.62 bits per heavy atom. The molecule has 1 aromatic heterocycles. The summed E-state index contributed by atoms with van der Waals surface area (Å²) in [5.74, 6) is -1.24. The molecule has 8 heteroatoms. The highest BCUT2D eigenvalue weighted by atomic mass is 35.5. The molecule has 0 saturated carbocycles. The van der Waals surface area contributed by atoms with Crippen LogP contribution in [0.4, 0.5) is 5.69 Å². The van der Waals surface area contributed by atoms with E-state index in [-0.39, 0.29) is 21.2 Å². The summed E-state index contributed by atoms with van der Waals surface area (Å²) in [6, 6.07) is 12.1. The SMILES string of the molecule is O=C(O)c1ccc(Cl)c(S(=O)(=O)Nc2cccc3cccnc23)c1. The number of fused-ring (bicyclic) bond motifs is 1. The number of para-hydroxylation sites is 1. The van der Waals surface area contributed by atoms with Crippen LogP contribution in [0.5, 0.6) is 0 Å². The Hall–Kier alpha value is -2.64. The second-order valence-electron chi connectivity index (χ2n) is 4.94. The first-order chi connectivity index (χ1) is 11.4. The number of benzene rings is 2. The van der Waals surface area contributed by atoms with Crippen LogP contribution in [-0.4, -0.2) is 24.5 Å². The van der Waals surface area contributed by atoms with Crippen molar-refractivity contribution in [2.24, 2.45) is 0 Å². The molecule has 0 fully saturated rings. The first-order valence-electron chi connectivity index (χ1n) is 6.78. The topological polar surface area (TPSA) is 96.4 Å². The Bertz CT molecular complexity index is 1050. The Morgan fingerprint density at radius 1 is 1.12 bits per heavy atom. The highest BCUT2D eigenvalue weighted by Gasteiger charge is 2.21. The number of aromatic nitrogens is 1. The molecule has 2 N–H and O–H groups in total. The largest absolute Gasteiger partial charge is 0.478 e. The van der Waals surface area contributed by atoms with E-state index in [0.717, 1.165) is 11.5 Å². The quantitative estimate of drug-likeness (QED) is 0.741. The van der Waals surface area contributed by atoms with Crippen molar-refractivity contribution in [3.05, 3.63) is 65.3 Å². The number of aromatic carboxylic acids is 1. The number of carboxylic acids is 1. The third-order valence-corrected chi connectivity index (χ3v) is 5.19. The summed E-state index contributed by atoms with van der Waals surface area (Å²) >= 11 is 5.94. The maximum atomic E-state index is 12.6. The summed E-state index contributed by atoms with van der Waals surface area (Å²) in [5, 5.41) is 9.73. The molecule has 24 heavy (non-hydrogen) atoms. The van der Waals surface area contributed by atoms with E-state index in [4.69, 9.17) is 16.7 Å². The molecule has 0 aliphatic carbocycles. The predicted octanol–water partition coefficient (Wildman–Crippen LogP) is 3.39. The van der Waals surface area contributed by atoms with E-state index in [9.17, 15) is 13.2 Å². The Morgan fingerprint density at radius 2 is 1.88 bits per heavy atom. The van der Waals surface area contributed by atoms with Gasteiger partial charge in [-0.05, 0) is 30.3 Å². The summed E-state index contributed by atoms with van der Waals surface area (Å²) in [7, 11) is -4.08. The molecule has 0 unspecified atom stereocenters. The van der Waals surface area contributed by atoms with Crippen LogP contribution >= 0.6 is 11.6 Å². The smallest absolute Gasteiger partial charge is 0.335 e. The second-order valence-corrected chi connectivity index (χ2v) is 6.99. The lowest BCUT2D eigenvalue weighted by atomic mass is 10.2. The van der Waals surface area contributed by atoms with Crippen LogP contribution in [-0.2, 0) is 10.0 Å². The van der Waals surface area contributed by atoms with E-state index in [0.29, 0.717) is 5.52 Å². The van der Waals surface area contributed by atoms with Gasteiger partial charge < -0.3 is 5.11 Å². The zero-order valence-corrected chi connectivity index (χ0v) is 13.7. The molecule has 0 aliphatic rings. The molecule has 3 rings (SSSR count). The van der Waals surface area contributed by atoms with Gasteiger partial charge in [-0.1, -0.05) is 29.8 Å². The van der Waals surface area contributed by atoms with Gasteiger partial charge in [0.05, 0.1) is 21.8 Å². The van der Waals surface area contributed by atoms with Gasteiger partial charge in [0, 0.05) is 11.6 Å². The third-order valence-electron chi connectivity index (χ3n) is 3.34. The fourth-order valence-electron chi connectivity index (χ4n) is 2.23. The van der Waals surface area contributed by atoms with Crippen LogP contribution < -0.4 is 4.72 Å². The van der Waals surface area contributed by atoms with Crippen molar-refractivity contribution in [2.45, 2.75) is 4.90 Å². The molecular weight excluding hydrogens is 352 g/mol. The zero-order valence-electron chi connectivity index (χ0n) is 12.1. The number of hydrogen-bond acceptors (Lipinski definition) is 4. The Labute approximate surface area is 142 Å². The number of halogens is 1. The van der Waals surface area contributed by atoms with E-state index in [2.05, 4.69) is 9.71 Å². The molecule has 2 aromatic carbocycles. The molecule has 0 aliphatic heterocycles. The van der Waals surface area contributed by atoms with E-state index in [1.165, 1.54) is 12.1 Å². The van der Waals surface area contributed by atoms with Crippen LogP contribution in [0.1, 0.15) is 10.4 Å². The minimum absolute atomic E-state index is 0.0688. The van der Waals surface area contributed by atoms with Gasteiger partial charge in [-0.2, -0.15) is 0 Å². The van der Waals surface area contributed by atoms with Gasteiger partial charge >= 0.3 is 5.97 Å². The number of nitrogens with one attached hydrogen (secondary N) is 1. The normalized spacial score (nSPS) is 11.4. The third kappa shape index (κ3) is 3.04. The average Bonchev–Trinajstić information content (AvgIpc) is 2.55. The minimum Gasteiger partial charge on any atom is -0.478 e. The van der Waals surface area contributed by atoms with Gasteiger partial charge in [0.1, 0.15) is 4.90 Å². The van der Waals surface area contributed by atoms with Crippen molar-refractivity contribution in [3.8, 4) is 0 Å². The summed E-state index contributed by atoms with van der Waals surface area (Å²) < 4.78 is 27.7. The first-order valence-corrected chi connectivity index (χ1v) is 8.64. The van der Waals surface area contributed by atoms with Crippen molar-refractivity contribution >= 4 is 44.2 Å². The highest BCUT2D eigenvalue weighted by molar-refractivity contribution is 7.92.